The normalized spacial score (nSPS) is 22.3. The number of nitrogens with one attached hydrogen (secondary N) is 2. The minimum Gasteiger partial charge on any atom is -0.366 e. The summed E-state index contributed by atoms with van der Waals surface area (Å²) >= 11 is 6.75. The van der Waals surface area contributed by atoms with Crippen LogP contribution in [-0.2, 0) is 4.79 Å². The van der Waals surface area contributed by atoms with Gasteiger partial charge in [0.1, 0.15) is 15.8 Å². The number of carbonyl (C=O) groups excluding carboxylic acids is 1. The first-order chi connectivity index (χ1) is 16.3. The smallest absolute Gasteiger partial charge is 0.267 e. The minimum atomic E-state index is -0.206. The second kappa shape index (κ2) is 9.33. The lowest BCUT2D eigenvalue weighted by Gasteiger charge is -2.46. The number of amides is 1. The van der Waals surface area contributed by atoms with Crippen LogP contribution in [0, 0.1) is 6.92 Å². The number of hydrogen-bond acceptors (Lipinski definition) is 7. The molecule has 7 nitrogen and oxygen atoms in total. The van der Waals surface area contributed by atoms with Gasteiger partial charge in [-0.15, -0.1) is 0 Å². The van der Waals surface area contributed by atoms with Crippen molar-refractivity contribution in [1.29, 1.82) is 0 Å². The van der Waals surface area contributed by atoms with Crippen molar-refractivity contribution in [2.45, 2.75) is 90.9 Å². The monoisotopic (exact) mass is 513 g/mol. The van der Waals surface area contributed by atoms with Crippen LogP contribution in [0.2, 0.25) is 0 Å². The number of rotatable bonds is 5. The summed E-state index contributed by atoms with van der Waals surface area (Å²) in [6.45, 7) is 14.7. The number of thiocarbonyl (C=S) groups is 1. The summed E-state index contributed by atoms with van der Waals surface area (Å²) in [4.78, 5) is 33.9. The lowest BCUT2D eigenvalue weighted by atomic mass is 9.79. The summed E-state index contributed by atoms with van der Waals surface area (Å²) in [5.74, 6) is 0.351. The van der Waals surface area contributed by atoms with Crippen LogP contribution in [0.4, 0.5) is 5.82 Å². The average Bonchev–Trinajstić information content (AvgIpc) is 3.01. The van der Waals surface area contributed by atoms with Gasteiger partial charge in [0.15, 0.2) is 0 Å². The first-order valence-electron chi connectivity index (χ1n) is 12.2. The van der Waals surface area contributed by atoms with Gasteiger partial charge in [-0.05, 0) is 78.5 Å². The van der Waals surface area contributed by atoms with Crippen molar-refractivity contribution in [3.8, 4) is 0 Å². The molecule has 2 aliphatic heterocycles. The third kappa shape index (κ3) is 5.32. The zero-order valence-electron chi connectivity index (χ0n) is 21.6. The van der Waals surface area contributed by atoms with Gasteiger partial charge in [-0.2, -0.15) is 0 Å². The highest BCUT2D eigenvalue weighted by Crippen LogP contribution is 2.36. The zero-order valence-corrected chi connectivity index (χ0v) is 23.2. The molecule has 2 fully saturated rings. The van der Waals surface area contributed by atoms with E-state index in [1.807, 2.05) is 32.9 Å². The zero-order chi connectivity index (χ0) is 25.7. The predicted octanol–water partition coefficient (Wildman–Crippen LogP) is 4.72. The van der Waals surface area contributed by atoms with Crippen molar-refractivity contribution in [2.75, 3.05) is 5.32 Å². The molecule has 2 N–H and O–H groups in total. The molecule has 1 amide bonds. The van der Waals surface area contributed by atoms with Crippen LogP contribution in [0.5, 0.6) is 0 Å². The molecule has 2 aromatic heterocycles. The van der Waals surface area contributed by atoms with E-state index in [9.17, 15) is 9.59 Å². The largest absolute Gasteiger partial charge is 0.366 e. The quantitative estimate of drug-likeness (QED) is 0.442. The van der Waals surface area contributed by atoms with Crippen molar-refractivity contribution in [3.63, 3.8) is 0 Å². The highest BCUT2D eigenvalue weighted by molar-refractivity contribution is 8.26. The Morgan fingerprint density at radius 1 is 1.26 bits per heavy atom. The highest BCUT2D eigenvalue weighted by atomic mass is 32.2. The van der Waals surface area contributed by atoms with Gasteiger partial charge in [-0.3, -0.25) is 18.9 Å². The number of thioether (sulfide) groups is 1. The summed E-state index contributed by atoms with van der Waals surface area (Å²) in [6, 6.07) is 3.91. The number of pyridine rings is 1. The fraction of sp³-hybridized carbons (Fsp3) is 0.538. The van der Waals surface area contributed by atoms with Crippen molar-refractivity contribution in [1.82, 2.24) is 19.6 Å². The molecule has 4 heterocycles. The SMILES string of the molecule is CC[C@H](C)N1C(=O)/C(=C/c2c(NC3CC(C)(C)NC(C)(C)C3)nc3ccc(C)cn3c2=O)SC1=S. The number of anilines is 1. The molecule has 2 aliphatic rings. The van der Waals surface area contributed by atoms with Gasteiger partial charge < -0.3 is 10.6 Å². The Labute approximate surface area is 216 Å². The van der Waals surface area contributed by atoms with E-state index in [4.69, 9.17) is 17.2 Å². The number of fused-ring (bicyclic) bond motifs is 1. The number of hydrogen-bond donors (Lipinski definition) is 2. The number of carbonyl (C=O) groups is 1. The molecule has 0 unspecified atom stereocenters. The number of aryl methyl sites for hydroxylation is 1. The fourth-order valence-electron chi connectivity index (χ4n) is 5.29. The Morgan fingerprint density at radius 2 is 1.91 bits per heavy atom. The van der Waals surface area contributed by atoms with Gasteiger partial charge >= 0.3 is 0 Å². The number of nitrogens with zero attached hydrogens (tertiary/aromatic N) is 3. The summed E-state index contributed by atoms with van der Waals surface area (Å²) in [5.41, 5.74) is 1.56. The van der Waals surface area contributed by atoms with Crippen molar-refractivity contribution in [3.05, 3.63) is 44.7 Å². The van der Waals surface area contributed by atoms with Gasteiger partial charge in [-0.1, -0.05) is 37.0 Å². The minimum absolute atomic E-state index is 0.00340. The van der Waals surface area contributed by atoms with Crippen molar-refractivity contribution in [2.24, 2.45) is 0 Å². The van der Waals surface area contributed by atoms with E-state index in [0.29, 0.717) is 26.3 Å². The lowest BCUT2D eigenvalue weighted by molar-refractivity contribution is -0.123. The van der Waals surface area contributed by atoms with E-state index in [0.717, 1.165) is 24.8 Å². The van der Waals surface area contributed by atoms with E-state index in [1.165, 1.54) is 11.8 Å². The molecular weight excluding hydrogens is 478 g/mol. The molecule has 0 aliphatic carbocycles. The molecule has 0 aromatic carbocycles. The van der Waals surface area contributed by atoms with Gasteiger partial charge in [0.2, 0.25) is 0 Å². The second-order valence-electron chi connectivity index (χ2n) is 11.1. The van der Waals surface area contributed by atoms with E-state index in [2.05, 4.69) is 38.3 Å². The summed E-state index contributed by atoms with van der Waals surface area (Å²) in [5, 5.41) is 7.27. The van der Waals surface area contributed by atoms with Crippen LogP contribution >= 0.6 is 24.0 Å². The van der Waals surface area contributed by atoms with Crippen LogP contribution in [0.3, 0.4) is 0 Å². The topological polar surface area (TPSA) is 78.7 Å². The van der Waals surface area contributed by atoms with E-state index in [1.54, 1.807) is 21.6 Å². The fourth-order valence-corrected chi connectivity index (χ4v) is 6.73. The molecule has 1 atom stereocenters. The first-order valence-corrected chi connectivity index (χ1v) is 13.4. The molecular formula is C26H35N5O2S2. The second-order valence-corrected chi connectivity index (χ2v) is 12.7. The Balaban J connectivity index is 1.82. The first kappa shape index (κ1) is 25.9. The maximum Gasteiger partial charge on any atom is 0.267 e. The number of piperidine rings is 1. The molecule has 2 saturated heterocycles. The number of aromatic nitrogens is 2. The molecule has 0 spiro atoms. The van der Waals surface area contributed by atoms with Crippen LogP contribution in [0.15, 0.2) is 28.0 Å². The van der Waals surface area contributed by atoms with Crippen molar-refractivity contribution < 1.29 is 4.79 Å². The van der Waals surface area contributed by atoms with Gasteiger partial charge in [0, 0.05) is 29.4 Å². The molecule has 9 heteroatoms. The lowest BCUT2D eigenvalue weighted by Crippen LogP contribution is -2.60. The predicted molar refractivity (Wildman–Crippen MR) is 149 cm³/mol. The summed E-state index contributed by atoms with van der Waals surface area (Å²) in [6.07, 6.45) is 6.01. The molecule has 2 aromatic rings. The van der Waals surface area contributed by atoms with E-state index < -0.39 is 0 Å². The van der Waals surface area contributed by atoms with Crippen LogP contribution in [0.1, 0.15) is 71.9 Å². The standard InChI is InChI=1S/C26H35N5O2S2/c1-8-16(3)31-23(33)19(35-24(31)34)11-18-21(27-17-12-25(4,5)29-26(6,7)13-17)28-20-10-9-15(2)14-30(20)22(18)32/h9-11,14,16-17,27,29H,8,12-13H2,1-7H3/b19-11-/t16-/m0/s1. The molecule has 0 bridgehead atoms. The molecule has 4 rings (SSSR count). The summed E-state index contributed by atoms with van der Waals surface area (Å²) < 4.78 is 2.08. The third-order valence-corrected chi connectivity index (χ3v) is 8.00. The Morgan fingerprint density at radius 3 is 2.54 bits per heavy atom. The van der Waals surface area contributed by atoms with Crippen LogP contribution < -0.4 is 16.2 Å². The van der Waals surface area contributed by atoms with Gasteiger partial charge in [-0.25, -0.2) is 4.98 Å². The summed E-state index contributed by atoms with van der Waals surface area (Å²) in [7, 11) is 0. The van der Waals surface area contributed by atoms with Gasteiger partial charge in [0.25, 0.3) is 11.5 Å². The molecule has 188 valence electrons. The Kier molecular flexibility index (Phi) is 6.89. The Bertz CT molecular complexity index is 1260. The molecule has 35 heavy (non-hydrogen) atoms. The molecule has 0 saturated carbocycles. The van der Waals surface area contributed by atoms with Crippen LogP contribution in [-0.4, -0.2) is 47.7 Å². The maximum atomic E-state index is 13.7. The Hall–Kier alpha value is -2.23. The third-order valence-electron chi connectivity index (χ3n) is 6.67. The highest BCUT2D eigenvalue weighted by Gasteiger charge is 2.39. The van der Waals surface area contributed by atoms with Gasteiger partial charge in [0.05, 0.1) is 10.5 Å². The van der Waals surface area contributed by atoms with E-state index in [-0.39, 0.29) is 34.6 Å². The molecule has 0 radical (unpaired) electrons. The van der Waals surface area contributed by atoms with Crippen molar-refractivity contribution >= 4 is 51.7 Å². The van der Waals surface area contributed by atoms with E-state index >= 15 is 0 Å². The maximum absolute atomic E-state index is 13.7. The average molecular weight is 514 g/mol. The van der Waals surface area contributed by atoms with Crippen LogP contribution in [0.25, 0.3) is 11.7 Å².